The van der Waals surface area contributed by atoms with E-state index in [1.165, 1.54) is 20.3 Å². The van der Waals surface area contributed by atoms with Crippen LogP contribution in [0, 0.1) is 6.92 Å². The van der Waals surface area contributed by atoms with E-state index in [4.69, 9.17) is 19.6 Å². The summed E-state index contributed by atoms with van der Waals surface area (Å²) in [7, 11) is 2.99. The number of hydrogen-bond acceptors (Lipinski definition) is 6. The molecule has 0 unspecified atom stereocenters. The first kappa shape index (κ1) is 14.7. The van der Waals surface area contributed by atoms with Gasteiger partial charge in [0.2, 0.25) is 5.89 Å². The van der Waals surface area contributed by atoms with Gasteiger partial charge in [0.25, 0.3) is 5.91 Å². The SMILES string of the molecule is COc1cc(N)c(C(=O)NCc2ncc(C)o2)cc1OC. The summed E-state index contributed by atoms with van der Waals surface area (Å²) in [6, 6.07) is 3.08. The Morgan fingerprint density at radius 2 is 2.00 bits per heavy atom. The van der Waals surface area contributed by atoms with Crippen LogP contribution in [0.3, 0.4) is 0 Å². The second-order valence-electron chi connectivity index (χ2n) is 4.34. The number of amides is 1. The molecule has 1 aromatic carbocycles. The number of oxazole rings is 1. The van der Waals surface area contributed by atoms with E-state index < -0.39 is 0 Å². The van der Waals surface area contributed by atoms with Crippen molar-refractivity contribution in [2.24, 2.45) is 0 Å². The van der Waals surface area contributed by atoms with Gasteiger partial charge in [-0.25, -0.2) is 4.98 Å². The molecule has 7 nitrogen and oxygen atoms in total. The molecule has 0 spiro atoms. The lowest BCUT2D eigenvalue weighted by molar-refractivity contribution is 0.0947. The maximum atomic E-state index is 12.2. The van der Waals surface area contributed by atoms with E-state index in [0.29, 0.717) is 34.4 Å². The third-order valence-electron chi connectivity index (χ3n) is 2.87. The van der Waals surface area contributed by atoms with Gasteiger partial charge in [-0.05, 0) is 13.0 Å². The van der Waals surface area contributed by atoms with Crippen LogP contribution in [0.5, 0.6) is 11.5 Å². The maximum Gasteiger partial charge on any atom is 0.253 e. The number of nitrogens with two attached hydrogens (primary N) is 1. The Bertz CT molecular complexity index is 652. The molecule has 0 saturated heterocycles. The van der Waals surface area contributed by atoms with Gasteiger partial charge < -0.3 is 24.9 Å². The largest absolute Gasteiger partial charge is 0.493 e. The number of aryl methyl sites for hydroxylation is 1. The first-order valence-electron chi connectivity index (χ1n) is 6.26. The lowest BCUT2D eigenvalue weighted by Gasteiger charge is -2.12. The number of benzene rings is 1. The van der Waals surface area contributed by atoms with Crippen molar-refractivity contribution in [1.82, 2.24) is 10.3 Å². The number of aromatic nitrogens is 1. The van der Waals surface area contributed by atoms with Crippen LogP contribution < -0.4 is 20.5 Å². The lowest BCUT2D eigenvalue weighted by atomic mass is 10.1. The van der Waals surface area contributed by atoms with Gasteiger partial charge in [-0.3, -0.25) is 4.79 Å². The Hall–Kier alpha value is -2.70. The highest BCUT2D eigenvalue weighted by atomic mass is 16.5. The first-order chi connectivity index (χ1) is 10.0. The van der Waals surface area contributed by atoms with Crippen molar-refractivity contribution in [3.63, 3.8) is 0 Å². The van der Waals surface area contributed by atoms with Gasteiger partial charge in [-0.2, -0.15) is 0 Å². The number of nitrogens with zero attached hydrogens (tertiary/aromatic N) is 1. The molecule has 0 bridgehead atoms. The highest BCUT2D eigenvalue weighted by molar-refractivity contribution is 6.00. The summed E-state index contributed by atoms with van der Waals surface area (Å²) in [5.41, 5.74) is 6.46. The van der Waals surface area contributed by atoms with E-state index in [-0.39, 0.29) is 12.5 Å². The topological polar surface area (TPSA) is 99.6 Å². The minimum atomic E-state index is -0.343. The maximum absolute atomic E-state index is 12.2. The molecule has 1 heterocycles. The highest BCUT2D eigenvalue weighted by Crippen LogP contribution is 2.31. The minimum Gasteiger partial charge on any atom is -0.493 e. The third-order valence-corrected chi connectivity index (χ3v) is 2.87. The van der Waals surface area contributed by atoms with Crippen molar-refractivity contribution in [3.8, 4) is 11.5 Å². The summed E-state index contributed by atoms with van der Waals surface area (Å²) in [4.78, 5) is 16.2. The van der Waals surface area contributed by atoms with Gasteiger partial charge in [0.1, 0.15) is 5.76 Å². The monoisotopic (exact) mass is 291 g/mol. The molecule has 0 saturated carbocycles. The van der Waals surface area contributed by atoms with E-state index in [9.17, 15) is 4.79 Å². The molecular weight excluding hydrogens is 274 g/mol. The van der Waals surface area contributed by atoms with E-state index in [0.717, 1.165) is 0 Å². The van der Waals surface area contributed by atoms with Crippen LogP contribution in [0.25, 0.3) is 0 Å². The molecule has 3 N–H and O–H groups in total. The third kappa shape index (κ3) is 3.25. The van der Waals surface area contributed by atoms with Crippen LogP contribution in [-0.2, 0) is 6.54 Å². The Morgan fingerprint density at radius 1 is 1.33 bits per heavy atom. The van der Waals surface area contributed by atoms with Crippen LogP contribution >= 0.6 is 0 Å². The van der Waals surface area contributed by atoms with E-state index in [1.54, 1.807) is 19.2 Å². The number of nitrogen functional groups attached to an aromatic ring is 1. The number of methoxy groups -OCH3 is 2. The number of anilines is 1. The van der Waals surface area contributed by atoms with Gasteiger partial charge in [-0.15, -0.1) is 0 Å². The summed E-state index contributed by atoms with van der Waals surface area (Å²) < 4.78 is 15.6. The smallest absolute Gasteiger partial charge is 0.253 e. The predicted molar refractivity (Wildman–Crippen MR) is 76.4 cm³/mol. The molecule has 21 heavy (non-hydrogen) atoms. The van der Waals surface area contributed by atoms with E-state index in [1.807, 2.05) is 0 Å². The standard InChI is InChI=1S/C14H17N3O4/c1-8-6-16-13(21-8)7-17-14(18)9-4-11(19-2)12(20-3)5-10(9)15/h4-6H,7,15H2,1-3H3,(H,17,18). The fraction of sp³-hybridized carbons (Fsp3) is 0.286. The second kappa shape index (κ2) is 6.17. The molecule has 0 fully saturated rings. The van der Waals surface area contributed by atoms with Gasteiger partial charge in [-0.1, -0.05) is 0 Å². The predicted octanol–water partition coefficient (Wildman–Crippen LogP) is 1.51. The van der Waals surface area contributed by atoms with Crippen molar-refractivity contribution in [2.75, 3.05) is 20.0 Å². The summed E-state index contributed by atoms with van der Waals surface area (Å²) in [6.07, 6.45) is 1.59. The van der Waals surface area contributed by atoms with Crippen molar-refractivity contribution in [3.05, 3.63) is 35.5 Å². The van der Waals surface area contributed by atoms with Crippen molar-refractivity contribution >= 4 is 11.6 Å². The summed E-state index contributed by atoms with van der Waals surface area (Å²) in [6.45, 7) is 1.96. The Labute approximate surface area is 122 Å². The van der Waals surface area contributed by atoms with Crippen LogP contribution in [0.1, 0.15) is 22.0 Å². The fourth-order valence-electron chi connectivity index (χ4n) is 1.83. The van der Waals surface area contributed by atoms with Crippen LogP contribution in [0.4, 0.5) is 5.69 Å². The van der Waals surface area contributed by atoms with Crippen molar-refractivity contribution in [2.45, 2.75) is 13.5 Å². The van der Waals surface area contributed by atoms with E-state index >= 15 is 0 Å². The molecule has 0 aliphatic heterocycles. The number of rotatable bonds is 5. The van der Waals surface area contributed by atoms with E-state index in [2.05, 4.69) is 10.3 Å². The molecule has 0 atom stereocenters. The molecule has 0 radical (unpaired) electrons. The summed E-state index contributed by atoms with van der Waals surface area (Å²) in [5, 5.41) is 2.69. The first-order valence-corrected chi connectivity index (χ1v) is 6.26. The number of ether oxygens (including phenoxy) is 2. The van der Waals surface area contributed by atoms with Crippen molar-refractivity contribution in [1.29, 1.82) is 0 Å². The quantitative estimate of drug-likeness (QED) is 0.810. The molecule has 7 heteroatoms. The Balaban J connectivity index is 2.15. The molecule has 112 valence electrons. The zero-order valence-corrected chi connectivity index (χ0v) is 12.1. The Kier molecular flexibility index (Phi) is 4.32. The summed E-state index contributed by atoms with van der Waals surface area (Å²) >= 11 is 0. The van der Waals surface area contributed by atoms with Crippen molar-refractivity contribution < 1.29 is 18.7 Å². The number of carbonyl (C=O) groups is 1. The molecule has 1 amide bonds. The fourth-order valence-corrected chi connectivity index (χ4v) is 1.83. The molecule has 2 aromatic rings. The lowest BCUT2D eigenvalue weighted by Crippen LogP contribution is -2.24. The van der Waals surface area contributed by atoms with Crippen LogP contribution in [-0.4, -0.2) is 25.1 Å². The van der Waals surface area contributed by atoms with Gasteiger partial charge in [0.15, 0.2) is 11.5 Å². The van der Waals surface area contributed by atoms with Crippen LogP contribution in [0.2, 0.25) is 0 Å². The molecular formula is C14H17N3O4. The molecule has 2 rings (SSSR count). The normalized spacial score (nSPS) is 10.2. The zero-order chi connectivity index (χ0) is 15.4. The highest BCUT2D eigenvalue weighted by Gasteiger charge is 2.15. The zero-order valence-electron chi connectivity index (χ0n) is 12.1. The molecule has 1 aromatic heterocycles. The second-order valence-corrected chi connectivity index (χ2v) is 4.34. The minimum absolute atomic E-state index is 0.181. The Morgan fingerprint density at radius 3 is 2.57 bits per heavy atom. The molecule has 0 aliphatic rings. The average molecular weight is 291 g/mol. The number of hydrogen-bond donors (Lipinski definition) is 2. The number of carbonyl (C=O) groups excluding carboxylic acids is 1. The van der Waals surface area contributed by atoms with Gasteiger partial charge >= 0.3 is 0 Å². The number of nitrogens with one attached hydrogen (secondary N) is 1. The van der Waals surface area contributed by atoms with Crippen LogP contribution in [0.15, 0.2) is 22.7 Å². The average Bonchev–Trinajstić information content (AvgIpc) is 2.90. The summed E-state index contributed by atoms with van der Waals surface area (Å²) in [5.74, 6) is 1.67. The van der Waals surface area contributed by atoms with Gasteiger partial charge in [0.05, 0.1) is 32.5 Å². The van der Waals surface area contributed by atoms with Gasteiger partial charge in [0, 0.05) is 11.8 Å². The molecule has 0 aliphatic carbocycles.